The highest BCUT2D eigenvalue weighted by molar-refractivity contribution is 7.13. The Hall–Kier alpha value is -1.23. The number of aromatic nitrogens is 1. The fraction of sp³-hybridized carbons (Fsp3) is 0.250. The summed E-state index contributed by atoms with van der Waals surface area (Å²) in [5.74, 6) is 5.40. The maximum Gasteiger partial charge on any atom is 0.0801 e. The van der Waals surface area contributed by atoms with Crippen LogP contribution in [0.2, 0.25) is 0 Å². The van der Waals surface area contributed by atoms with Crippen molar-refractivity contribution in [2.45, 2.75) is 19.9 Å². The number of aryl methyl sites for hydroxylation is 1. The van der Waals surface area contributed by atoms with Gasteiger partial charge in [-0.1, -0.05) is 24.3 Å². The molecule has 4 heteroatoms. The van der Waals surface area contributed by atoms with Crippen LogP contribution in [0.15, 0.2) is 29.8 Å². The number of hydrogen-bond donors (Lipinski definition) is 2. The highest BCUT2D eigenvalue weighted by Gasteiger charge is 2.06. The molecule has 1 aromatic heterocycles. The Morgan fingerprint density at radius 3 is 2.50 bits per heavy atom. The van der Waals surface area contributed by atoms with E-state index in [1.807, 2.05) is 19.4 Å². The third kappa shape index (κ3) is 2.14. The summed E-state index contributed by atoms with van der Waals surface area (Å²) >= 11 is 1.67. The van der Waals surface area contributed by atoms with Crippen molar-refractivity contribution in [3.8, 4) is 10.4 Å². The molecule has 1 aromatic carbocycles. The van der Waals surface area contributed by atoms with Gasteiger partial charge >= 0.3 is 0 Å². The van der Waals surface area contributed by atoms with Gasteiger partial charge in [0, 0.05) is 6.04 Å². The fourth-order valence-electron chi connectivity index (χ4n) is 1.60. The number of hydrogen-bond acceptors (Lipinski definition) is 4. The summed E-state index contributed by atoms with van der Waals surface area (Å²) in [4.78, 5) is 5.49. The van der Waals surface area contributed by atoms with E-state index in [1.54, 1.807) is 11.3 Å². The minimum atomic E-state index is 0.177. The van der Waals surface area contributed by atoms with Gasteiger partial charge in [0.05, 0.1) is 16.1 Å². The summed E-state index contributed by atoms with van der Waals surface area (Å²) in [5, 5.41) is 0. The molecule has 0 aliphatic rings. The number of benzene rings is 1. The number of nitrogens with zero attached hydrogens (tertiary/aromatic N) is 1. The van der Waals surface area contributed by atoms with Crippen LogP contribution >= 0.6 is 11.3 Å². The van der Waals surface area contributed by atoms with E-state index in [0.29, 0.717) is 0 Å². The smallest absolute Gasteiger partial charge is 0.0801 e. The SMILES string of the molecule is Cc1ncsc1-c1ccc(C(C)NN)cc1. The van der Waals surface area contributed by atoms with E-state index in [-0.39, 0.29) is 6.04 Å². The van der Waals surface area contributed by atoms with Gasteiger partial charge in [0.2, 0.25) is 0 Å². The largest absolute Gasteiger partial charge is 0.271 e. The van der Waals surface area contributed by atoms with E-state index < -0.39 is 0 Å². The summed E-state index contributed by atoms with van der Waals surface area (Å²) < 4.78 is 0. The van der Waals surface area contributed by atoms with Gasteiger partial charge in [0.15, 0.2) is 0 Å². The van der Waals surface area contributed by atoms with Crippen LogP contribution in [0.5, 0.6) is 0 Å². The van der Waals surface area contributed by atoms with Gasteiger partial charge in [-0.05, 0) is 25.0 Å². The zero-order chi connectivity index (χ0) is 11.5. The lowest BCUT2D eigenvalue weighted by Crippen LogP contribution is -2.25. The fourth-order valence-corrected chi connectivity index (χ4v) is 2.41. The molecule has 3 nitrogen and oxygen atoms in total. The van der Waals surface area contributed by atoms with Gasteiger partial charge in [-0.15, -0.1) is 11.3 Å². The van der Waals surface area contributed by atoms with Gasteiger partial charge < -0.3 is 0 Å². The second-order valence-electron chi connectivity index (χ2n) is 3.78. The third-order valence-corrected chi connectivity index (χ3v) is 3.65. The van der Waals surface area contributed by atoms with Crippen LogP contribution in [0.4, 0.5) is 0 Å². The molecule has 0 bridgehead atoms. The summed E-state index contributed by atoms with van der Waals surface area (Å²) in [5.41, 5.74) is 8.10. The number of nitrogens with one attached hydrogen (secondary N) is 1. The molecule has 0 aliphatic carbocycles. The van der Waals surface area contributed by atoms with Crippen molar-refractivity contribution in [2.75, 3.05) is 0 Å². The minimum absolute atomic E-state index is 0.177. The first-order valence-electron chi connectivity index (χ1n) is 5.19. The van der Waals surface area contributed by atoms with Crippen LogP contribution in [0, 0.1) is 6.92 Å². The Morgan fingerprint density at radius 1 is 1.31 bits per heavy atom. The maximum atomic E-state index is 5.40. The molecule has 16 heavy (non-hydrogen) atoms. The molecule has 1 heterocycles. The lowest BCUT2D eigenvalue weighted by Gasteiger charge is -2.10. The second kappa shape index (κ2) is 4.74. The molecular formula is C12H15N3S. The van der Waals surface area contributed by atoms with Crippen molar-refractivity contribution < 1.29 is 0 Å². The molecule has 84 valence electrons. The maximum absolute atomic E-state index is 5.40. The van der Waals surface area contributed by atoms with E-state index in [4.69, 9.17) is 5.84 Å². The molecule has 2 rings (SSSR count). The monoisotopic (exact) mass is 233 g/mol. The zero-order valence-electron chi connectivity index (χ0n) is 9.40. The van der Waals surface area contributed by atoms with Crippen LogP contribution < -0.4 is 11.3 Å². The van der Waals surface area contributed by atoms with Crippen LogP contribution in [-0.2, 0) is 0 Å². The normalized spacial score (nSPS) is 12.7. The Bertz CT molecular complexity index is 461. The van der Waals surface area contributed by atoms with Gasteiger partial charge in [0.25, 0.3) is 0 Å². The van der Waals surface area contributed by atoms with E-state index in [1.165, 1.54) is 16.0 Å². The lowest BCUT2D eigenvalue weighted by molar-refractivity contribution is 0.602. The minimum Gasteiger partial charge on any atom is -0.271 e. The molecule has 1 atom stereocenters. The average Bonchev–Trinajstić information content (AvgIpc) is 2.75. The number of nitrogens with two attached hydrogens (primary N) is 1. The Labute approximate surface area is 99.3 Å². The van der Waals surface area contributed by atoms with Crippen LogP contribution in [0.25, 0.3) is 10.4 Å². The summed E-state index contributed by atoms with van der Waals surface area (Å²) in [7, 11) is 0. The van der Waals surface area contributed by atoms with Crippen molar-refractivity contribution in [2.24, 2.45) is 5.84 Å². The summed E-state index contributed by atoms with van der Waals surface area (Å²) in [6, 6.07) is 8.60. The zero-order valence-corrected chi connectivity index (χ0v) is 10.2. The topological polar surface area (TPSA) is 50.9 Å². The third-order valence-electron chi connectivity index (χ3n) is 2.67. The molecule has 3 N–H and O–H groups in total. The lowest BCUT2D eigenvalue weighted by atomic mass is 10.1. The van der Waals surface area contributed by atoms with E-state index in [2.05, 4.69) is 34.7 Å². The van der Waals surface area contributed by atoms with Crippen LogP contribution in [0.3, 0.4) is 0 Å². The van der Waals surface area contributed by atoms with E-state index >= 15 is 0 Å². The highest BCUT2D eigenvalue weighted by Crippen LogP contribution is 2.27. The molecular weight excluding hydrogens is 218 g/mol. The number of hydrazine groups is 1. The van der Waals surface area contributed by atoms with Crippen molar-refractivity contribution in [1.82, 2.24) is 10.4 Å². The van der Waals surface area contributed by atoms with Crippen molar-refractivity contribution >= 4 is 11.3 Å². The molecule has 0 radical (unpaired) electrons. The van der Waals surface area contributed by atoms with E-state index in [9.17, 15) is 0 Å². The van der Waals surface area contributed by atoms with Crippen molar-refractivity contribution in [3.63, 3.8) is 0 Å². The van der Waals surface area contributed by atoms with Gasteiger partial charge in [-0.3, -0.25) is 11.3 Å². The van der Waals surface area contributed by atoms with E-state index in [0.717, 1.165) is 5.69 Å². The van der Waals surface area contributed by atoms with Crippen molar-refractivity contribution in [1.29, 1.82) is 0 Å². The molecule has 0 aliphatic heterocycles. The van der Waals surface area contributed by atoms with Crippen molar-refractivity contribution in [3.05, 3.63) is 41.0 Å². The molecule has 0 amide bonds. The first kappa shape index (κ1) is 11.3. The standard InChI is InChI=1S/C12H15N3S/c1-8(15-13)10-3-5-11(6-4-10)12-9(2)14-7-16-12/h3-8,15H,13H2,1-2H3. The molecule has 0 saturated carbocycles. The van der Waals surface area contributed by atoms with Crippen LogP contribution in [-0.4, -0.2) is 4.98 Å². The van der Waals surface area contributed by atoms with Gasteiger partial charge in [-0.25, -0.2) is 4.98 Å². The first-order valence-corrected chi connectivity index (χ1v) is 6.07. The predicted octanol–water partition coefficient (Wildman–Crippen LogP) is 2.64. The second-order valence-corrected chi connectivity index (χ2v) is 4.63. The molecule has 2 aromatic rings. The highest BCUT2D eigenvalue weighted by atomic mass is 32.1. The summed E-state index contributed by atoms with van der Waals surface area (Å²) in [6.07, 6.45) is 0. The average molecular weight is 233 g/mol. The number of thiazole rings is 1. The van der Waals surface area contributed by atoms with Gasteiger partial charge in [0.1, 0.15) is 0 Å². The Balaban J connectivity index is 2.30. The molecule has 1 unspecified atom stereocenters. The Morgan fingerprint density at radius 2 is 2.00 bits per heavy atom. The number of rotatable bonds is 3. The predicted molar refractivity (Wildman–Crippen MR) is 68.0 cm³/mol. The molecule has 0 saturated heterocycles. The molecule has 0 spiro atoms. The van der Waals surface area contributed by atoms with Gasteiger partial charge in [-0.2, -0.15) is 0 Å². The molecule has 0 fully saturated rings. The summed E-state index contributed by atoms with van der Waals surface area (Å²) in [6.45, 7) is 4.07. The quantitative estimate of drug-likeness (QED) is 0.633. The first-order chi connectivity index (χ1) is 7.72. The Kier molecular flexibility index (Phi) is 3.33. The van der Waals surface area contributed by atoms with Crippen LogP contribution in [0.1, 0.15) is 24.2 Å².